The highest BCUT2D eigenvalue weighted by atomic mass is 15.5. The van der Waals surface area contributed by atoms with Gasteiger partial charge in [-0.3, -0.25) is 0 Å². The van der Waals surface area contributed by atoms with Crippen molar-refractivity contribution in [2.75, 3.05) is 13.1 Å². The number of amidine groups is 1. The predicted molar refractivity (Wildman–Crippen MR) is 81.9 cm³/mol. The number of nitrogens with two attached hydrogens (primary N) is 1. The highest BCUT2D eigenvalue weighted by Gasteiger charge is 2.26. The number of hydrogen-bond donors (Lipinski definition) is 1. The molecule has 0 bridgehead atoms. The smallest absolute Gasteiger partial charge is 0.151 e. The van der Waals surface area contributed by atoms with Gasteiger partial charge in [0.1, 0.15) is 5.84 Å². The van der Waals surface area contributed by atoms with Crippen LogP contribution in [0.4, 0.5) is 0 Å². The fourth-order valence-electron chi connectivity index (χ4n) is 2.17. The molecule has 5 heteroatoms. The molecule has 0 aromatic carbocycles. The van der Waals surface area contributed by atoms with Crippen molar-refractivity contribution in [3.05, 3.63) is 23.7 Å². The minimum Gasteiger partial charge on any atom is -0.355 e. The third-order valence-electron chi connectivity index (χ3n) is 3.06. The molecule has 19 heavy (non-hydrogen) atoms. The van der Waals surface area contributed by atoms with E-state index in [4.69, 9.17) is 5.73 Å². The van der Waals surface area contributed by atoms with Crippen LogP contribution in [-0.2, 0) is 0 Å². The third-order valence-corrected chi connectivity index (χ3v) is 3.06. The van der Waals surface area contributed by atoms with Crippen molar-refractivity contribution in [1.29, 1.82) is 0 Å². The van der Waals surface area contributed by atoms with Crippen LogP contribution in [0.3, 0.4) is 0 Å². The molecule has 0 saturated carbocycles. The molecule has 0 amide bonds. The Morgan fingerprint density at radius 3 is 2.68 bits per heavy atom. The highest BCUT2D eigenvalue weighted by molar-refractivity contribution is 5.99. The lowest BCUT2D eigenvalue weighted by Crippen LogP contribution is -2.35. The first-order valence-corrected chi connectivity index (χ1v) is 6.86. The van der Waals surface area contributed by atoms with Crippen LogP contribution in [0.5, 0.6) is 0 Å². The molecule has 1 fully saturated rings. The number of hydrazone groups is 1. The predicted octanol–water partition coefficient (Wildman–Crippen LogP) is 2.14. The SMILES string of the molecule is C=NN1C=C(C)C(N2CC[C@H](N)C2)=N/C1=C/C.CC. The van der Waals surface area contributed by atoms with E-state index in [1.807, 2.05) is 40.0 Å². The molecule has 2 aliphatic rings. The Kier molecular flexibility index (Phi) is 5.76. The van der Waals surface area contributed by atoms with Crippen LogP contribution < -0.4 is 5.73 Å². The van der Waals surface area contributed by atoms with Gasteiger partial charge in [-0.2, -0.15) is 5.10 Å². The third kappa shape index (κ3) is 3.44. The van der Waals surface area contributed by atoms with Crippen LogP contribution in [0.1, 0.15) is 34.1 Å². The maximum Gasteiger partial charge on any atom is 0.151 e. The molecule has 0 aromatic heterocycles. The second-order valence-corrected chi connectivity index (χ2v) is 4.38. The summed E-state index contributed by atoms with van der Waals surface area (Å²) in [6.45, 7) is 13.4. The fourth-order valence-corrected chi connectivity index (χ4v) is 2.17. The Morgan fingerprint density at radius 2 is 2.21 bits per heavy atom. The Labute approximate surface area is 116 Å². The largest absolute Gasteiger partial charge is 0.355 e. The lowest BCUT2D eigenvalue weighted by Gasteiger charge is -2.27. The number of nitrogens with zero attached hydrogens (tertiary/aromatic N) is 4. The molecule has 1 saturated heterocycles. The zero-order valence-corrected chi connectivity index (χ0v) is 12.4. The van der Waals surface area contributed by atoms with E-state index in [-0.39, 0.29) is 6.04 Å². The van der Waals surface area contributed by atoms with Crippen molar-refractivity contribution in [2.45, 2.75) is 40.2 Å². The summed E-state index contributed by atoms with van der Waals surface area (Å²) in [5.74, 6) is 1.81. The topological polar surface area (TPSA) is 57.2 Å². The van der Waals surface area contributed by atoms with Crippen LogP contribution in [0.2, 0.25) is 0 Å². The van der Waals surface area contributed by atoms with Crippen molar-refractivity contribution in [2.24, 2.45) is 15.8 Å². The van der Waals surface area contributed by atoms with Crippen LogP contribution in [0.15, 0.2) is 33.8 Å². The summed E-state index contributed by atoms with van der Waals surface area (Å²) < 4.78 is 0. The quantitative estimate of drug-likeness (QED) is 0.737. The summed E-state index contributed by atoms with van der Waals surface area (Å²) in [5.41, 5.74) is 7.02. The maximum atomic E-state index is 5.93. The first-order valence-electron chi connectivity index (χ1n) is 6.86. The second-order valence-electron chi connectivity index (χ2n) is 4.38. The van der Waals surface area contributed by atoms with Gasteiger partial charge >= 0.3 is 0 Å². The van der Waals surface area contributed by atoms with E-state index in [0.717, 1.165) is 36.7 Å². The van der Waals surface area contributed by atoms with E-state index in [1.54, 1.807) is 5.01 Å². The Balaban J connectivity index is 0.000000861. The maximum absolute atomic E-state index is 5.93. The molecule has 0 aromatic rings. The van der Waals surface area contributed by atoms with E-state index in [1.165, 1.54) is 0 Å². The van der Waals surface area contributed by atoms with Gasteiger partial charge in [-0.1, -0.05) is 13.8 Å². The zero-order chi connectivity index (χ0) is 14.4. The van der Waals surface area contributed by atoms with Gasteiger partial charge in [0.15, 0.2) is 5.82 Å². The van der Waals surface area contributed by atoms with E-state index >= 15 is 0 Å². The number of aliphatic imine (C=N–C) groups is 1. The van der Waals surface area contributed by atoms with Gasteiger partial charge in [0, 0.05) is 37.6 Å². The molecule has 0 aliphatic carbocycles. The number of likely N-dealkylation sites (tertiary alicyclic amines) is 1. The molecule has 0 spiro atoms. The monoisotopic (exact) mass is 263 g/mol. The highest BCUT2D eigenvalue weighted by Crippen LogP contribution is 2.21. The lowest BCUT2D eigenvalue weighted by atomic mass is 10.2. The summed E-state index contributed by atoms with van der Waals surface area (Å²) in [4.78, 5) is 6.86. The van der Waals surface area contributed by atoms with Crippen molar-refractivity contribution in [1.82, 2.24) is 9.91 Å². The van der Waals surface area contributed by atoms with E-state index in [0.29, 0.717) is 0 Å². The fraction of sp³-hybridized carbons (Fsp3) is 0.571. The minimum absolute atomic E-state index is 0.259. The Bertz CT molecular complexity index is 408. The average Bonchev–Trinajstić information content (AvgIpc) is 2.87. The molecule has 0 radical (unpaired) electrons. The van der Waals surface area contributed by atoms with Crippen molar-refractivity contribution in [3.8, 4) is 0 Å². The van der Waals surface area contributed by atoms with E-state index in [9.17, 15) is 0 Å². The summed E-state index contributed by atoms with van der Waals surface area (Å²) in [7, 11) is 0. The summed E-state index contributed by atoms with van der Waals surface area (Å²) in [5, 5.41) is 5.60. The Morgan fingerprint density at radius 1 is 1.53 bits per heavy atom. The molecule has 2 heterocycles. The van der Waals surface area contributed by atoms with Gasteiger partial charge in [0.25, 0.3) is 0 Å². The molecule has 2 rings (SSSR count). The summed E-state index contributed by atoms with van der Waals surface area (Å²) in [6, 6.07) is 0.259. The van der Waals surface area contributed by atoms with Crippen LogP contribution in [0, 0.1) is 0 Å². The number of allylic oxidation sites excluding steroid dienone is 1. The number of hydrogen-bond acceptors (Lipinski definition) is 5. The van der Waals surface area contributed by atoms with Gasteiger partial charge in [-0.25, -0.2) is 10.0 Å². The van der Waals surface area contributed by atoms with Gasteiger partial charge in [-0.05, 0) is 26.3 Å². The molecule has 1 atom stereocenters. The molecule has 2 N–H and O–H groups in total. The first-order chi connectivity index (χ1) is 9.15. The standard InChI is InChI=1S/C12H19N5.C2H6/c1-4-11-15-12(9(2)7-17(11)14-3)16-6-5-10(13)8-16;1-2/h4,7,10H,3,5-6,8,13H2,1-2H3;1-2H3/b11-4-;/t10-;/m0./s1. The summed E-state index contributed by atoms with van der Waals surface area (Å²) >= 11 is 0. The van der Waals surface area contributed by atoms with E-state index in [2.05, 4.69) is 21.7 Å². The van der Waals surface area contributed by atoms with Gasteiger partial charge in [-0.15, -0.1) is 0 Å². The minimum atomic E-state index is 0.259. The normalized spacial score (nSPS) is 24.7. The second kappa shape index (κ2) is 7.09. The van der Waals surface area contributed by atoms with Crippen molar-refractivity contribution >= 4 is 12.6 Å². The zero-order valence-electron chi connectivity index (χ0n) is 12.4. The molecule has 0 unspecified atom stereocenters. The van der Waals surface area contributed by atoms with Crippen LogP contribution >= 0.6 is 0 Å². The lowest BCUT2D eigenvalue weighted by molar-refractivity contribution is 0.461. The molecule has 106 valence electrons. The van der Waals surface area contributed by atoms with Crippen molar-refractivity contribution < 1.29 is 0 Å². The van der Waals surface area contributed by atoms with Gasteiger partial charge < -0.3 is 10.6 Å². The van der Waals surface area contributed by atoms with Crippen LogP contribution in [-0.4, -0.2) is 41.6 Å². The molecule has 2 aliphatic heterocycles. The average molecular weight is 263 g/mol. The van der Waals surface area contributed by atoms with Crippen LogP contribution in [0.25, 0.3) is 0 Å². The Hall–Kier alpha value is -1.62. The first kappa shape index (κ1) is 15.4. The summed E-state index contributed by atoms with van der Waals surface area (Å²) in [6.07, 6.45) is 4.91. The van der Waals surface area contributed by atoms with E-state index < -0.39 is 0 Å². The number of rotatable bonds is 1. The molecular weight excluding hydrogens is 238 g/mol. The van der Waals surface area contributed by atoms with Crippen molar-refractivity contribution in [3.63, 3.8) is 0 Å². The molecule has 5 nitrogen and oxygen atoms in total. The van der Waals surface area contributed by atoms with Gasteiger partial charge in [0.2, 0.25) is 0 Å². The molecular formula is C14H25N5. The van der Waals surface area contributed by atoms with Gasteiger partial charge in [0.05, 0.1) is 0 Å².